The summed E-state index contributed by atoms with van der Waals surface area (Å²) >= 11 is 0. The van der Waals surface area contributed by atoms with E-state index < -0.39 is 0 Å². The van der Waals surface area contributed by atoms with Gasteiger partial charge in [-0.25, -0.2) is 4.79 Å². The van der Waals surface area contributed by atoms with E-state index in [-0.39, 0.29) is 18.5 Å². The Morgan fingerprint density at radius 1 is 0.921 bits per heavy atom. The Hall–Kier alpha value is -3.62. The summed E-state index contributed by atoms with van der Waals surface area (Å²) in [5.41, 5.74) is 2.89. The van der Waals surface area contributed by atoms with Crippen LogP contribution in [0.1, 0.15) is 29.6 Å². The minimum atomic E-state index is -0.284. The molecule has 1 aromatic heterocycles. The molecule has 2 aromatic carbocycles. The van der Waals surface area contributed by atoms with E-state index in [2.05, 4.69) is 17.1 Å². The highest BCUT2D eigenvalue weighted by Crippen LogP contribution is 2.15. The first kappa shape index (κ1) is 27.4. The molecule has 1 fully saturated rings. The van der Waals surface area contributed by atoms with Gasteiger partial charge in [0.05, 0.1) is 19.8 Å². The van der Waals surface area contributed by atoms with Gasteiger partial charge in [0.25, 0.3) is 0 Å². The van der Waals surface area contributed by atoms with Crippen LogP contribution >= 0.6 is 0 Å². The molecule has 8 heteroatoms. The number of carbonyl (C=O) groups excluding carboxylic acids is 2. The van der Waals surface area contributed by atoms with Crippen molar-refractivity contribution >= 4 is 17.6 Å². The summed E-state index contributed by atoms with van der Waals surface area (Å²) in [5.74, 6) is 1.38. The third kappa shape index (κ3) is 8.19. The lowest BCUT2D eigenvalue weighted by Gasteiger charge is -2.31. The van der Waals surface area contributed by atoms with Gasteiger partial charge in [-0.1, -0.05) is 49.4 Å². The highest BCUT2D eigenvalue weighted by atomic mass is 16.5. The van der Waals surface area contributed by atoms with Gasteiger partial charge in [0.1, 0.15) is 18.1 Å². The lowest BCUT2D eigenvalue weighted by molar-refractivity contribution is -0.133. The highest BCUT2D eigenvalue weighted by molar-refractivity contribution is 5.92. The van der Waals surface area contributed by atoms with E-state index in [9.17, 15) is 9.59 Å². The predicted molar refractivity (Wildman–Crippen MR) is 148 cm³/mol. The van der Waals surface area contributed by atoms with E-state index in [0.717, 1.165) is 42.1 Å². The Balaban J connectivity index is 1.50. The van der Waals surface area contributed by atoms with Crippen molar-refractivity contribution in [2.24, 2.45) is 0 Å². The summed E-state index contributed by atoms with van der Waals surface area (Å²) in [6, 6.07) is 21.2. The van der Waals surface area contributed by atoms with Crippen molar-refractivity contribution in [2.45, 2.75) is 33.4 Å². The van der Waals surface area contributed by atoms with Gasteiger partial charge in [-0.05, 0) is 48.7 Å². The molecule has 1 aliphatic rings. The van der Waals surface area contributed by atoms with Gasteiger partial charge in [-0.3, -0.25) is 9.69 Å². The summed E-state index contributed by atoms with van der Waals surface area (Å²) in [5, 5.41) is 3.01. The van der Waals surface area contributed by atoms with Crippen molar-refractivity contribution in [3.05, 3.63) is 89.4 Å². The first-order chi connectivity index (χ1) is 18.5. The first-order valence-corrected chi connectivity index (χ1v) is 13.3. The minimum absolute atomic E-state index is 0.0316. The van der Waals surface area contributed by atoms with Crippen LogP contribution in [0.2, 0.25) is 0 Å². The normalized spacial score (nSPS) is 13.7. The number of nitrogens with zero attached hydrogens (tertiary/aromatic N) is 3. The van der Waals surface area contributed by atoms with Crippen LogP contribution in [0, 0.1) is 6.92 Å². The summed E-state index contributed by atoms with van der Waals surface area (Å²) in [4.78, 5) is 32.8. The van der Waals surface area contributed by atoms with Crippen LogP contribution in [0.25, 0.3) is 0 Å². The zero-order valence-corrected chi connectivity index (χ0v) is 22.4. The molecule has 4 rings (SSSR count). The van der Waals surface area contributed by atoms with Crippen LogP contribution < -0.4 is 5.32 Å². The molecule has 0 atom stereocenters. The summed E-state index contributed by atoms with van der Waals surface area (Å²) in [6.07, 6.45) is 0.879. The third-order valence-corrected chi connectivity index (χ3v) is 6.70. The van der Waals surface area contributed by atoms with Crippen molar-refractivity contribution in [2.75, 3.05) is 51.3 Å². The molecule has 1 saturated heterocycles. The van der Waals surface area contributed by atoms with Crippen molar-refractivity contribution in [1.82, 2.24) is 14.7 Å². The maximum atomic E-state index is 13.7. The highest BCUT2D eigenvalue weighted by Gasteiger charge is 2.24. The lowest BCUT2D eigenvalue weighted by atomic mass is 10.1. The maximum Gasteiger partial charge on any atom is 0.322 e. The van der Waals surface area contributed by atoms with Crippen LogP contribution in [0.5, 0.6) is 0 Å². The number of nitrogens with one attached hydrogen (secondary N) is 1. The molecule has 2 heterocycles. The van der Waals surface area contributed by atoms with E-state index in [4.69, 9.17) is 9.15 Å². The molecule has 0 saturated carbocycles. The number of anilines is 1. The standard InChI is InChI=1S/C30H38N4O4/c1-3-25-10-7-11-27(20-25)31-30(36)33(15-14-32-16-18-37-19-17-32)23-29(35)34(21-26-8-5-4-6-9-26)22-28-13-12-24(2)38-28/h4-13,20H,3,14-19,21-23H2,1-2H3,(H,31,36). The van der Waals surface area contributed by atoms with Crippen molar-refractivity contribution in [1.29, 1.82) is 0 Å². The van der Waals surface area contributed by atoms with Crippen LogP contribution in [0.4, 0.5) is 10.5 Å². The van der Waals surface area contributed by atoms with E-state index >= 15 is 0 Å². The van der Waals surface area contributed by atoms with Gasteiger partial charge in [-0.15, -0.1) is 0 Å². The Morgan fingerprint density at radius 3 is 2.39 bits per heavy atom. The second kappa shape index (κ2) is 13.8. The molecule has 3 amide bonds. The third-order valence-electron chi connectivity index (χ3n) is 6.70. The number of ether oxygens (including phenoxy) is 1. The Kier molecular flexibility index (Phi) is 9.95. The number of hydrogen-bond donors (Lipinski definition) is 1. The fourth-order valence-electron chi connectivity index (χ4n) is 4.47. The number of morpholine rings is 1. The molecule has 0 aliphatic carbocycles. The van der Waals surface area contributed by atoms with Gasteiger partial charge >= 0.3 is 6.03 Å². The number of hydrogen-bond acceptors (Lipinski definition) is 5. The first-order valence-electron chi connectivity index (χ1n) is 13.3. The number of benzene rings is 2. The van der Waals surface area contributed by atoms with Crippen LogP contribution in [-0.4, -0.2) is 72.6 Å². The number of urea groups is 1. The second-order valence-corrected chi connectivity index (χ2v) is 9.61. The average Bonchev–Trinajstić information content (AvgIpc) is 3.36. The average molecular weight is 519 g/mol. The molecule has 1 aliphatic heterocycles. The zero-order valence-electron chi connectivity index (χ0n) is 22.4. The fourth-order valence-corrected chi connectivity index (χ4v) is 4.47. The molecular weight excluding hydrogens is 480 g/mol. The van der Waals surface area contributed by atoms with Gasteiger partial charge < -0.3 is 24.3 Å². The molecule has 0 unspecified atom stereocenters. The van der Waals surface area contributed by atoms with Gasteiger partial charge in [-0.2, -0.15) is 0 Å². The quantitative estimate of drug-likeness (QED) is 0.403. The number of rotatable bonds is 11. The van der Waals surface area contributed by atoms with Crippen LogP contribution in [-0.2, 0) is 29.0 Å². The molecule has 3 aromatic rings. The van der Waals surface area contributed by atoms with E-state index in [0.29, 0.717) is 45.2 Å². The summed E-state index contributed by atoms with van der Waals surface area (Å²) < 4.78 is 11.2. The van der Waals surface area contributed by atoms with Gasteiger partial charge in [0.15, 0.2) is 0 Å². The van der Waals surface area contributed by atoms with E-state index in [1.165, 1.54) is 0 Å². The van der Waals surface area contributed by atoms with E-state index in [1.807, 2.05) is 73.7 Å². The topological polar surface area (TPSA) is 78.3 Å². The summed E-state index contributed by atoms with van der Waals surface area (Å²) in [6.45, 7) is 8.81. The lowest BCUT2D eigenvalue weighted by Crippen LogP contribution is -2.48. The molecular formula is C30H38N4O4. The Labute approximate surface area is 225 Å². The Bertz CT molecular complexity index is 1170. The predicted octanol–water partition coefficient (Wildman–Crippen LogP) is 4.55. The molecule has 0 radical (unpaired) electrons. The molecule has 0 spiro atoms. The smallest absolute Gasteiger partial charge is 0.322 e. The number of amides is 3. The van der Waals surface area contributed by atoms with Gasteiger partial charge in [0.2, 0.25) is 5.91 Å². The van der Waals surface area contributed by atoms with E-state index in [1.54, 1.807) is 9.80 Å². The number of furan rings is 1. The SMILES string of the molecule is CCc1cccc(NC(=O)N(CCN2CCOCC2)CC(=O)N(Cc2ccccc2)Cc2ccc(C)o2)c1. The molecule has 202 valence electrons. The number of aryl methyl sites for hydroxylation is 2. The largest absolute Gasteiger partial charge is 0.464 e. The molecule has 1 N–H and O–H groups in total. The monoisotopic (exact) mass is 518 g/mol. The maximum absolute atomic E-state index is 13.7. The summed E-state index contributed by atoms with van der Waals surface area (Å²) in [7, 11) is 0. The van der Waals surface area contributed by atoms with Crippen molar-refractivity contribution in [3.63, 3.8) is 0 Å². The number of carbonyl (C=O) groups is 2. The second-order valence-electron chi connectivity index (χ2n) is 9.61. The zero-order chi connectivity index (χ0) is 26.7. The fraction of sp³-hybridized carbons (Fsp3) is 0.400. The molecule has 8 nitrogen and oxygen atoms in total. The molecule has 0 bridgehead atoms. The van der Waals surface area contributed by atoms with Crippen LogP contribution in [0.15, 0.2) is 71.1 Å². The Morgan fingerprint density at radius 2 is 1.68 bits per heavy atom. The van der Waals surface area contributed by atoms with Crippen molar-refractivity contribution in [3.8, 4) is 0 Å². The van der Waals surface area contributed by atoms with Crippen molar-refractivity contribution < 1.29 is 18.7 Å². The minimum Gasteiger partial charge on any atom is -0.464 e. The van der Waals surface area contributed by atoms with Crippen LogP contribution in [0.3, 0.4) is 0 Å². The molecule has 38 heavy (non-hydrogen) atoms. The van der Waals surface area contributed by atoms with Gasteiger partial charge in [0, 0.05) is 38.4 Å².